The van der Waals surface area contributed by atoms with E-state index < -0.39 is 5.76 Å². The Bertz CT molecular complexity index is 852. The number of fused-ring (bicyclic) bond motifs is 1. The average molecular weight is 342 g/mol. The van der Waals surface area contributed by atoms with Crippen LogP contribution in [0, 0.1) is 11.8 Å². The van der Waals surface area contributed by atoms with Crippen LogP contribution in [0.5, 0.6) is 0 Å². The maximum atomic E-state index is 12.7. The summed E-state index contributed by atoms with van der Waals surface area (Å²) in [5, 5.41) is 0. The lowest BCUT2D eigenvalue weighted by molar-refractivity contribution is -0.136. The van der Waals surface area contributed by atoms with Crippen molar-refractivity contribution in [3.63, 3.8) is 0 Å². The van der Waals surface area contributed by atoms with E-state index in [1.54, 1.807) is 18.2 Å². The van der Waals surface area contributed by atoms with Crippen molar-refractivity contribution < 1.29 is 14.0 Å². The Balaban J connectivity index is 1.41. The van der Waals surface area contributed by atoms with Crippen molar-refractivity contribution in [1.29, 1.82) is 0 Å². The predicted molar refractivity (Wildman–Crippen MR) is 92.4 cm³/mol. The normalized spacial score (nSPS) is 19.6. The van der Waals surface area contributed by atoms with Crippen molar-refractivity contribution in [2.45, 2.75) is 38.5 Å². The van der Waals surface area contributed by atoms with Crippen LogP contribution < -0.4 is 5.76 Å². The minimum atomic E-state index is -0.515. The number of hydrogen-bond donors (Lipinski definition) is 1. The number of nitrogens with one attached hydrogen (secondary N) is 1. The number of oxazole rings is 1. The highest BCUT2D eigenvalue weighted by Gasteiger charge is 2.32. The Kier molecular flexibility index (Phi) is 4.19. The molecule has 1 N–H and O–H groups in total. The Morgan fingerprint density at radius 2 is 1.76 bits per heavy atom. The number of nitrogens with zero attached hydrogens (tertiary/aromatic N) is 1. The van der Waals surface area contributed by atoms with E-state index in [-0.39, 0.29) is 23.5 Å². The van der Waals surface area contributed by atoms with Gasteiger partial charge in [-0.15, -0.1) is 0 Å². The highest BCUT2D eigenvalue weighted by atomic mass is 16.4. The number of benzene rings is 1. The molecule has 25 heavy (non-hydrogen) atoms. The van der Waals surface area contributed by atoms with E-state index in [2.05, 4.69) is 4.98 Å². The highest BCUT2D eigenvalue weighted by Crippen LogP contribution is 2.29. The molecule has 2 aliphatic rings. The zero-order chi connectivity index (χ0) is 17.4. The second kappa shape index (κ2) is 6.50. The van der Waals surface area contributed by atoms with Gasteiger partial charge in [0.1, 0.15) is 0 Å². The molecule has 6 heteroatoms. The molecule has 0 atom stereocenters. The molecule has 1 aromatic heterocycles. The van der Waals surface area contributed by atoms with Crippen LogP contribution in [0.25, 0.3) is 11.1 Å². The Morgan fingerprint density at radius 3 is 2.48 bits per heavy atom. The number of likely N-dealkylation sites (tertiary alicyclic amines) is 1. The van der Waals surface area contributed by atoms with Gasteiger partial charge in [0.15, 0.2) is 11.4 Å². The van der Waals surface area contributed by atoms with E-state index in [0.717, 1.165) is 25.7 Å². The van der Waals surface area contributed by atoms with Crippen molar-refractivity contribution in [1.82, 2.24) is 9.88 Å². The van der Waals surface area contributed by atoms with Crippen LogP contribution in [0.1, 0.15) is 48.9 Å². The molecule has 132 valence electrons. The van der Waals surface area contributed by atoms with E-state index in [1.165, 1.54) is 0 Å². The van der Waals surface area contributed by atoms with E-state index in [9.17, 15) is 14.4 Å². The number of hydrogen-bond acceptors (Lipinski definition) is 4. The number of aromatic amines is 1. The lowest BCUT2D eigenvalue weighted by Gasteiger charge is -2.33. The van der Waals surface area contributed by atoms with Crippen LogP contribution in [-0.4, -0.2) is 34.7 Å². The van der Waals surface area contributed by atoms with Gasteiger partial charge in [0, 0.05) is 30.5 Å². The first-order chi connectivity index (χ1) is 12.1. The smallest absolute Gasteiger partial charge is 0.408 e. The summed E-state index contributed by atoms with van der Waals surface area (Å²) in [6, 6.07) is 5.06. The second-order valence-corrected chi connectivity index (χ2v) is 7.17. The first kappa shape index (κ1) is 16.1. The topological polar surface area (TPSA) is 83.4 Å². The predicted octanol–water partition coefficient (Wildman–Crippen LogP) is 2.73. The van der Waals surface area contributed by atoms with Gasteiger partial charge in [0.05, 0.1) is 5.52 Å². The Hall–Kier alpha value is -2.37. The zero-order valence-corrected chi connectivity index (χ0v) is 14.1. The first-order valence-electron chi connectivity index (χ1n) is 9.08. The number of aromatic nitrogens is 1. The van der Waals surface area contributed by atoms with E-state index in [0.29, 0.717) is 42.6 Å². The molecule has 0 unspecified atom stereocenters. The van der Waals surface area contributed by atoms with Gasteiger partial charge in [-0.2, -0.15) is 0 Å². The minimum absolute atomic E-state index is 0.0683. The summed E-state index contributed by atoms with van der Waals surface area (Å²) in [7, 11) is 0. The summed E-state index contributed by atoms with van der Waals surface area (Å²) >= 11 is 0. The number of Topliss-reactive ketones (excluding diaryl/α,β-unsaturated/α-hetero) is 1. The molecule has 2 aromatic rings. The molecule has 2 fully saturated rings. The van der Waals surface area contributed by atoms with Crippen molar-refractivity contribution >= 4 is 22.8 Å². The highest BCUT2D eigenvalue weighted by molar-refractivity contribution is 6.00. The van der Waals surface area contributed by atoms with Crippen molar-refractivity contribution in [2.24, 2.45) is 11.8 Å². The van der Waals surface area contributed by atoms with Crippen LogP contribution in [0.15, 0.2) is 27.4 Å². The van der Waals surface area contributed by atoms with Gasteiger partial charge in [-0.3, -0.25) is 14.6 Å². The van der Waals surface area contributed by atoms with Crippen molar-refractivity contribution in [3.05, 3.63) is 34.3 Å². The third-order valence-electron chi connectivity index (χ3n) is 5.59. The molecule has 1 aromatic carbocycles. The Morgan fingerprint density at radius 1 is 1.04 bits per heavy atom. The molecule has 1 aliphatic carbocycles. The largest absolute Gasteiger partial charge is 0.417 e. The third kappa shape index (κ3) is 3.13. The fourth-order valence-electron chi connectivity index (χ4n) is 4.13. The minimum Gasteiger partial charge on any atom is -0.408 e. The molecule has 6 nitrogen and oxygen atoms in total. The molecular weight excluding hydrogens is 320 g/mol. The SMILES string of the molecule is O=C(c1ccc2[nH]c(=O)oc2c1)C1CCN(C(=O)C2CCCC2)CC1. The van der Waals surface area contributed by atoms with Gasteiger partial charge < -0.3 is 9.32 Å². The molecule has 4 rings (SSSR count). The molecule has 1 saturated heterocycles. The summed E-state index contributed by atoms with van der Waals surface area (Å²) in [6.45, 7) is 1.32. The van der Waals surface area contributed by atoms with Crippen LogP contribution in [0.2, 0.25) is 0 Å². The molecule has 0 spiro atoms. The molecule has 1 aliphatic heterocycles. The van der Waals surface area contributed by atoms with Gasteiger partial charge in [-0.05, 0) is 43.9 Å². The maximum absolute atomic E-state index is 12.7. The molecule has 0 radical (unpaired) electrons. The zero-order valence-electron chi connectivity index (χ0n) is 14.1. The van der Waals surface area contributed by atoms with Crippen LogP contribution >= 0.6 is 0 Å². The fourth-order valence-corrected chi connectivity index (χ4v) is 4.13. The van der Waals surface area contributed by atoms with E-state index in [4.69, 9.17) is 4.42 Å². The number of amides is 1. The van der Waals surface area contributed by atoms with Crippen LogP contribution in [0.4, 0.5) is 0 Å². The van der Waals surface area contributed by atoms with Gasteiger partial charge >= 0.3 is 5.76 Å². The van der Waals surface area contributed by atoms with E-state index >= 15 is 0 Å². The molecule has 0 bridgehead atoms. The quantitative estimate of drug-likeness (QED) is 0.869. The first-order valence-corrected chi connectivity index (χ1v) is 9.08. The summed E-state index contributed by atoms with van der Waals surface area (Å²) in [4.78, 5) is 41.0. The second-order valence-electron chi connectivity index (χ2n) is 7.17. The summed E-state index contributed by atoms with van der Waals surface area (Å²) < 4.78 is 5.04. The number of ketones is 1. The maximum Gasteiger partial charge on any atom is 0.417 e. The third-order valence-corrected chi connectivity index (χ3v) is 5.59. The Labute approximate surface area is 145 Å². The monoisotopic (exact) mass is 342 g/mol. The van der Waals surface area contributed by atoms with Gasteiger partial charge in [0.25, 0.3) is 0 Å². The van der Waals surface area contributed by atoms with Crippen molar-refractivity contribution in [2.75, 3.05) is 13.1 Å². The summed E-state index contributed by atoms with van der Waals surface area (Å²) in [6.07, 6.45) is 5.74. The van der Waals surface area contributed by atoms with Gasteiger partial charge in [-0.25, -0.2) is 4.79 Å². The average Bonchev–Trinajstić information content (AvgIpc) is 3.28. The number of carbonyl (C=O) groups is 2. The van der Waals surface area contributed by atoms with E-state index in [1.807, 2.05) is 4.90 Å². The lowest BCUT2D eigenvalue weighted by atomic mass is 9.88. The standard InChI is InChI=1S/C19H22N2O4/c22-17(14-5-6-15-16(11-14)25-19(24)20-15)12-7-9-21(10-8-12)18(23)13-3-1-2-4-13/h5-6,11-13H,1-4,7-10H2,(H,20,24). The molecule has 1 saturated carbocycles. The van der Waals surface area contributed by atoms with Crippen LogP contribution in [-0.2, 0) is 4.79 Å². The molecular formula is C19H22N2O4. The van der Waals surface area contributed by atoms with Crippen LogP contribution in [0.3, 0.4) is 0 Å². The summed E-state index contributed by atoms with van der Waals surface area (Å²) in [5.74, 6) is -0.0437. The van der Waals surface area contributed by atoms with Gasteiger partial charge in [-0.1, -0.05) is 12.8 Å². The summed E-state index contributed by atoms with van der Waals surface area (Å²) in [5.41, 5.74) is 1.57. The van der Waals surface area contributed by atoms with Crippen molar-refractivity contribution in [3.8, 4) is 0 Å². The number of H-pyrrole nitrogens is 1. The number of rotatable bonds is 3. The number of carbonyl (C=O) groups excluding carboxylic acids is 2. The number of piperidine rings is 1. The fraction of sp³-hybridized carbons (Fsp3) is 0.526. The lowest BCUT2D eigenvalue weighted by Crippen LogP contribution is -2.42. The molecule has 1 amide bonds. The molecule has 2 heterocycles. The van der Waals surface area contributed by atoms with Gasteiger partial charge in [0.2, 0.25) is 5.91 Å².